The Kier molecular flexibility index (Phi) is 5.05. The molecule has 1 fully saturated rings. The van der Waals surface area contributed by atoms with Crippen LogP contribution < -0.4 is 9.46 Å². The molecule has 1 aliphatic heterocycles. The minimum Gasteiger partial charge on any atom is -0.487 e. The summed E-state index contributed by atoms with van der Waals surface area (Å²) in [5.74, 6) is -0.463. The van der Waals surface area contributed by atoms with Crippen molar-refractivity contribution in [3.05, 3.63) is 71.4 Å². The summed E-state index contributed by atoms with van der Waals surface area (Å²) in [5, 5.41) is 0. The number of hydrogen-bond acceptors (Lipinski definition) is 5. The van der Waals surface area contributed by atoms with E-state index in [9.17, 15) is 17.2 Å². The third-order valence-corrected chi connectivity index (χ3v) is 6.97. The van der Waals surface area contributed by atoms with Gasteiger partial charge in [0.25, 0.3) is 0 Å². The second kappa shape index (κ2) is 7.67. The molecule has 1 spiro atoms. The predicted octanol–water partition coefficient (Wildman–Crippen LogP) is 4.09. The summed E-state index contributed by atoms with van der Waals surface area (Å²) in [5.41, 5.74) is 0.915. The summed E-state index contributed by atoms with van der Waals surface area (Å²) in [4.78, 5) is 4.60. The van der Waals surface area contributed by atoms with Crippen molar-refractivity contribution in [3.8, 4) is 16.9 Å². The van der Waals surface area contributed by atoms with Crippen molar-refractivity contribution in [1.82, 2.24) is 9.71 Å². The molecule has 1 saturated carbocycles. The molecule has 0 amide bonds. The van der Waals surface area contributed by atoms with Crippen LogP contribution in [0.25, 0.3) is 11.1 Å². The third kappa shape index (κ3) is 3.91. The quantitative estimate of drug-likeness (QED) is 0.623. The van der Waals surface area contributed by atoms with Gasteiger partial charge in [-0.05, 0) is 43.4 Å². The van der Waals surface area contributed by atoms with E-state index in [1.54, 1.807) is 24.3 Å². The predicted molar refractivity (Wildman–Crippen MR) is 114 cm³/mol. The molecule has 0 radical (unpaired) electrons. The number of rotatable bonds is 2. The van der Waals surface area contributed by atoms with E-state index >= 15 is 0 Å². The van der Waals surface area contributed by atoms with Crippen LogP contribution in [0.3, 0.4) is 0 Å². The Morgan fingerprint density at radius 1 is 1.16 bits per heavy atom. The van der Waals surface area contributed by atoms with Crippen LogP contribution in [0.5, 0.6) is 5.75 Å². The molecule has 3 aromatic rings. The van der Waals surface area contributed by atoms with Crippen molar-refractivity contribution in [2.45, 2.75) is 43.7 Å². The van der Waals surface area contributed by atoms with Crippen LogP contribution in [0.15, 0.2) is 47.1 Å². The van der Waals surface area contributed by atoms with Crippen molar-refractivity contribution >= 4 is 10.0 Å². The smallest absolute Gasteiger partial charge is 0.208 e. The fourth-order valence-electron chi connectivity index (χ4n) is 4.84. The fraction of sp³-hybridized carbons (Fsp3) is 0.348. The van der Waals surface area contributed by atoms with E-state index in [-0.39, 0.29) is 24.6 Å². The molecular weight excluding hydrogens is 438 g/mol. The van der Waals surface area contributed by atoms with Crippen molar-refractivity contribution in [2.24, 2.45) is 0 Å². The molecule has 168 valence electrons. The Morgan fingerprint density at radius 3 is 2.78 bits per heavy atom. The second-order valence-electron chi connectivity index (χ2n) is 8.64. The normalized spacial score (nSPS) is 22.7. The van der Waals surface area contributed by atoms with Crippen LogP contribution in [0.1, 0.15) is 36.4 Å². The van der Waals surface area contributed by atoms with Crippen molar-refractivity contribution in [2.75, 3.05) is 6.26 Å². The van der Waals surface area contributed by atoms with Gasteiger partial charge in [0.05, 0.1) is 11.7 Å². The van der Waals surface area contributed by atoms with E-state index in [0.717, 1.165) is 12.3 Å². The Bertz CT molecular complexity index is 1290. The van der Waals surface area contributed by atoms with Gasteiger partial charge >= 0.3 is 0 Å². The summed E-state index contributed by atoms with van der Waals surface area (Å²) >= 11 is 0. The number of nitrogens with one attached hydrogen (secondary N) is 1. The van der Waals surface area contributed by atoms with E-state index in [1.807, 2.05) is 0 Å². The summed E-state index contributed by atoms with van der Waals surface area (Å²) in [6, 6.07) is 9.08. The number of benzene rings is 2. The zero-order valence-electron chi connectivity index (χ0n) is 17.4. The summed E-state index contributed by atoms with van der Waals surface area (Å²) in [6.07, 6.45) is 4.31. The van der Waals surface area contributed by atoms with Gasteiger partial charge in [-0.2, -0.15) is 0 Å². The lowest BCUT2D eigenvalue weighted by Crippen LogP contribution is -2.35. The highest BCUT2D eigenvalue weighted by atomic mass is 32.2. The molecule has 5 rings (SSSR count). The standard InChI is InChI=1S/C23H22F2N2O4S/c1-32(28,29)27-15-6-7-23(11-15)10-14-8-18(20(25)9-19(14)24)17-4-2-3-5-21(17)30-12-16-13-31-22(23)26-16/h2-5,8-9,13,15,27H,6-7,10-12H2,1H3/t15-,23+/m0/s1. The number of oxazole rings is 1. The molecule has 0 unspecified atom stereocenters. The van der Waals surface area contributed by atoms with Gasteiger partial charge in [-0.25, -0.2) is 26.9 Å². The molecule has 2 atom stereocenters. The minimum atomic E-state index is -3.41. The second-order valence-corrected chi connectivity index (χ2v) is 10.4. The van der Waals surface area contributed by atoms with Crippen LogP contribution in [-0.2, 0) is 28.5 Å². The van der Waals surface area contributed by atoms with E-state index in [4.69, 9.17) is 9.15 Å². The number of ether oxygens (including phenoxy) is 1. The number of halogens is 2. The molecule has 1 aromatic heterocycles. The summed E-state index contributed by atoms with van der Waals surface area (Å²) < 4.78 is 67.7. The highest BCUT2D eigenvalue weighted by molar-refractivity contribution is 7.88. The van der Waals surface area contributed by atoms with Crippen molar-refractivity contribution in [1.29, 1.82) is 0 Å². The molecule has 2 aliphatic rings. The first-order valence-corrected chi connectivity index (χ1v) is 12.2. The van der Waals surface area contributed by atoms with E-state index < -0.39 is 27.1 Å². The molecule has 9 heteroatoms. The third-order valence-electron chi connectivity index (χ3n) is 6.21. The molecule has 2 aromatic carbocycles. The molecular formula is C23H22F2N2O4S. The average Bonchev–Trinajstić information content (AvgIpc) is 3.35. The molecule has 6 nitrogen and oxygen atoms in total. The minimum absolute atomic E-state index is 0.122. The molecule has 1 aliphatic carbocycles. The van der Waals surface area contributed by atoms with E-state index in [1.165, 1.54) is 12.3 Å². The maximum Gasteiger partial charge on any atom is 0.208 e. The van der Waals surface area contributed by atoms with E-state index in [2.05, 4.69) is 9.71 Å². The van der Waals surface area contributed by atoms with Gasteiger partial charge < -0.3 is 9.15 Å². The summed E-state index contributed by atoms with van der Waals surface area (Å²) in [7, 11) is -3.41. The topological polar surface area (TPSA) is 81.4 Å². The van der Waals surface area contributed by atoms with Crippen molar-refractivity contribution < 1.29 is 26.4 Å². The van der Waals surface area contributed by atoms with Gasteiger partial charge in [0.2, 0.25) is 15.9 Å². The monoisotopic (exact) mass is 460 g/mol. The van der Waals surface area contributed by atoms with Crippen LogP contribution in [0, 0.1) is 11.6 Å². The fourth-order valence-corrected chi connectivity index (χ4v) is 5.65. The molecule has 32 heavy (non-hydrogen) atoms. The van der Waals surface area contributed by atoms with Gasteiger partial charge in [-0.3, -0.25) is 0 Å². The van der Waals surface area contributed by atoms with E-state index in [0.29, 0.717) is 47.7 Å². The zero-order valence-corrected chi connectivity index (χ0v) is 18.2. The number of sulfonamides is 1. The van der Waals surface area contributed by atoms with Crippen LogP contribution in [0.4, 0.5) is 8.78 Å². The number of hydrogen-bond donors (Lipinski definition) is 1. The Hall–Kier alpha value is -2.78. The van der Waals surface area contributed by atoms with Gasteiger partial charge in [0.1, 0.15) is 35.9 Å². The lowest BCUT2D eigenvalue weighted by Gasteiger charge is -2.27. The first-order valence-electron chi connectivity index (χ1n) is 10.3. The first-order chi connectivity index (χ1) is 15.2. The number of aromatic nitrogens is 1. The molecule has 2 heterocycles. The van der Waals surface area contributed by atoms with Gasteiger partial charge in [-0.15, -0.1) is 0 Å². The molecule has 4 bridgehead atoms. The lowest BCUT2D eigenvalue weighted by molar-refractivity contribution is 0.301. The first kappa shape index (κ1) is 21.1. The molecule has 1 N–H and O–H groups in total. The van der Waals surface area contributed by atoms with Crippen LogP contribution in [-0.4, -0.2) is 25.7 Å². The Labute approximate surface area is 184 Å². The van der Waals surface area contributed by atoms with Crippen molar-refractivity contribution in [3.63, 3.8) is 0 Å². The average molecular weight is 461 g/mol. The van der Waals surface area contributed by atoms with Gasteiger partial charge in [0.15, 0.2) is 0 Å². The Balaban J connectivity index is 1.64. The Morgan fingerprint density at radius 2 is 1.97 bits per heavy atom. The SMILES string of the molecule is CS(=O)(=O)N[C@H]1CC[C@@]2(Cc3cc(c(F)cc3F)-c3ccccc3OCc3coc2n3)C1. The van der Waals surface area contributed by atoms with Gasteiger partial charge in [0, 0.05) is 23.2 Å². The highest BCUT2D eigenvalue weighted by Gasteiger charge is 2.45. The maximum absolute atomic E-state index is 14.9. The number of fused-ring (bicyclic) bond motifs is 7. The zero-order chi connectivity index (χ0) is 22.5. The van der Waals surface area contributed by atoms with Crippen LogP contribution in [0.2, 0.25) is 0 Å². The lowest BCUT2D eigenvalue weighted by atomic mass is 9.79. The maximum atomic E-state index is 14.9. The van der Waals surface area contributed by atoms with Gasteiger partial charge in [-0.1, -0.05) is 18.2 Å². The van der Waals surface area contributed by atoms with Crippen LogP contribution >= 0.6 is 0 Å². The molecule has 0 saturated heterocycles. The summed E-state index contributed by atoms with van der Waals surface area (Å²) in [6.45, 7) is 0.122. The largest absolute Gasteiger partial charge is 0.487 e. The highest BCUT2D eigenvalue weighted by Crippen LogP contribution is 2.45. The number of para-hydroxylation sites is 1. The number of nitrogens with zero attached hydrogens (tertiary/aromatic N) is 1.